The lowest BCUT2D eigenvalue weighted by molar-refractivity contribution is -0.137. The van der Waals surface area contributed by atoms with Crippen LogP contribution >= 0.6 is 11.8 Å². The van der Waals surface area contributed by atoms with Gasteiger partial charge in [-0.3, -0.25) is 4.79 Å². The summed E-state index contributed by atoms with van der Waals surface area (Å²) >= 11 is 1.90. The fourth-order valence-electron chi connectivity index (χ4n) is 2.69. The molecule has 2 rings (SSSR count). The summed E-state index contributed by atoms with van der Waals surface area (Å²) in [5.41, 5.74) is 0. The van der Waals surface area contributed by atoms with Crippen molar-refractivity contribution in [2.45, 2.75) is 37.4 Å². The molecule has 0 aromatic rings. The van der Waals surface area contributed by atoms with Crippen molar-refractivity contribution in [2.75, 3.05) is 5.75 Å². The number of carboxylic acid groups (broad SMARTS) is 1. The SMILES string of the molecule is O=C(O)C[C@H]1SC[C@H]2CCCC[C@@H]21. The largest absolute Gasteiger partial charge is 0.481 e. The Hall–Kier alpha value is -0.180. The zero-order valence-corrected chi connectivity index (χ0v) is 8.55. The molecule has 0 bridgehead atoms. The molecule has 1 aliphatic heterocycles. The molecule has 2 fully saturated rings. The van der Waals surface area contributed by atoms with E-state index in [0.29, 0.717) is 11.7 Å². The molecule has 2 aliphatic rings. The van der Waals surface area contributed by atoms with Gasteiger partial charge in [-0.05, 0) is 30.4 Å². The molecule has 74 valence electrons. The maximum atomic E-state index is 10.6. The number of hydrogen-bond donors (Lipinski definition) is 1. The zero-order valence-electron chi connectivity index (χ0n) is 7.74. The van der Waals surface area contributed by atoms with Crippen LogP contribution < -0.4 is 0 Å². The number of hydrogen-bond acceptors (Lipinski definition) is 2. The minimum Gasteiger partial charge on any atom is -0.481 e. The summed E-state index contributed by atoms with van der Waals surface area (Å²) in [5, 5.41) is 9.17. The monoisotopic (exact) mass is 200 g/mol. The number of fused-ring (bicyclic) bond motifs is 1. The molecule has 0 aromatic heterocycles. The van der Waals surface area contributed by atoms with Crippen molar-refractivity contribution in [3.05, 3.63) is 0 Å². The number of rotatable bonds is 2. The molecule has 1 saturated carbocycles. The van der Waals surface area contributed by atoms with Crippen LogP contribution in [0.2, 0.25) is 0 Å². The lowest BCUT2D eigenvalue weighted by atomic mass is 9.78. The highest BCUT2D eigenvalue weighted by Crippen LogP contribution is 2.46. The first-order chi connectivity index (χ1) is 6.27. The average Bonchev–Trinajstić information content (AvgIpc) is 2.48. The third-order valence-corrected chi connectivity index (χ3v) is 4.91. The van der Waals surface area contributed by atoms with Gasteiger partial charge in [0.25, 0.3) is 0 Å². The maximum absolute atomic E-state index is 10.6. The number of carbonyl (C=O) groups is 1. The van der Waals surface area contributed by atoms with Crippen molar-refractivity contribution in [2.24, 2.45) is 11.8 Å². The molecule has 0 spiro atoms. The van der Waals surface area contributed by atoms with Crippen molar-refractivity contribution in [3.63, 3.8) is 0 Å². The Morgan fingerprint density at radius 2 is 2.15 bits per heavy atom. The summed E-state index contributed by atoms with van der Waals surface area (Å²) in [5.74, 6) is 2.14. The third-order valence-electron chi connectivity index (χ3n) is 3.35. The van der Waals surface area contributed by atoms with Crippen LogP contribution in [0.3, 0.4) is 0 Å². The summed E-state index contributed by atoms with van der Waals surface area (Å²) in [6, 6.07) is 0. The molecular formula is C10H16O2S. The van der Waals surface area contributed by atoms with Gasteiger partial charge in [-0.2, -0.15) is 11.8 Å². The van der Waals surface area contributed by atoms with Gasteiger partial charge in [0.05, 0.1) is 6.42 Å². The second-order valence-corrected chi connectivity index (χ2v) is 5.45. The van der Waals surface area contributed by atoms with Crippen LogP contribution in [0.4, 0.5) is 0 Å². The summed E-state index contributed by atoms with van der Waals surface area (Å²) in [4.78, 5) is 10.6. The van der Waals surface area contributed by atoms with E-state index in [9.17, 15) is 4.79 Å². The minimum absolute atomic E-state index is 0.381. The molecule has 2 nitrogen and oxygen atoms in total. The molecule has 0 radical (unpaired) electrons. The van der Waals surface area contributed by atoms with Crippen LogP contribution in [0.1, 0.15) is 32.1 Å². The Kier molecular flexibility index (Phi) is 2.82. The highest BCUT2D eigenvalue weighted by atomic mass is 32.2. The molecule has 3 heteroatoms. The van der Waals surface area contributed by atoms with E-state index in [1.807, 2.05) is 11.8 Å². The van der Waals surface area contributed by atoms with E-state index in [0.717, 1.165) is 11.8 Å². The van der Waals surface area contributed by atoms with Gasteiger partial charge in [-0.1, -0.05) is 12.8 Å². The van der Waals surface area contributed by atoms with E-state index in [-0.39, 0.29) is 0 Å². The quantitative estimate of drug-likeness (QED) is 0.743. The second kappa shape index (κ2) is 3.91. The van der Waals surface area contributed by atoms with Gasteiger partial charge >= 0.3 is 5.97 Å². The Morgan fingerprint density at radius 1 is 1.38 bits per heavy atom. The van der Waals surface area contributed by atoms with Crippen molar-refractivity contribution in [3.8, 4) is 0 Å². The van der Waals surface area contributed by atoms with Crippen LogP contribution in [-0.4, -0.2) is 22.1 Å². The number of carboxylic acids is 1. The van der Waals surface area contributed by atoms with E-state index in [1.165, 1.54) is 31.4 Å². The molecule has 1 aliphatic carbocycles. The third kappa shape index (κ3) is 2.01. The topological polar surface area (TPSA) is 37.3 Å². The molecule has 0 amide bonds. The Labute approximate surface area is 83.1 Å². The predicted octanol–water partition coefficient (Wildman–Crippen LogP) is 2.38. The van der Waals surface area contributed by atoms with E-state index >= 15 is 0 Å². The van der Waals surface area contributed by atoms with Crippen molar-refractivity contribution < 1.29 is 9.90 Å². The second-order valence-electron chi connectivity index (χ2n) is 4.18. The first-order valence-electron chi connectivity index (χ1n) is 5.11. The van der Waals surface area contributed by atoms with Crippen LogP contribution in [0.15, 0.2) is 0 Å². The molecule has 0 aromatic carbocycles. The Bertz CT molecular complexity index is 205. The minimum atomic E-state index is -0.622. The van der Waals surface area contributed by atoms with Gasteiger partial charge in [0.2, 0.25) is 0 Å². The smallest absolute Gasteiger partial charge is 0.304 e. The first-order valence-corrected chi connectivity index (χ1v) is 6.15. The van der Waals surface area contributed by atoms with Crippen molar-refractivity contribution in [1.82, 2.24) is 0 Å². The van der Waals surface area contributed by atoms with Crippen LogP contribution in [0.5, 0.6) is 0 Å². The highest BCUT2D eigenvalue weighted by Gasteiger charge is 2.38. The average molecular weight is 200 g/mol. The number of thioether (sulfide) groups is 1. The van der Waals surface area contributed by atoms with Gasteiger partial charge in [0.1, 0.15) is 0 Å². The predicted molar refractivity (Wildman–Crippen MR) is 53.9 cm³/mol. The molecule has 1 heterocycles. The van der Waals surface area contributed by atoms with E-state index in [4.69, 9.17) is 5.11 Å². The van der Waals surface area contributed by atoms with Crippen molar-refractivity contribution in [1.29, 1.82) is 0 Å². The zero-order chi connectivity index (χ0) is 9.26. The number of aliphatic carboxylic acids is 1. The normalized spacial score (nSPS) is 38.6. The van der Waals surface area contributed by atoms with Gasteiger partial charge in [-0.25, -0.2) is 0 Å². The summed E-state index contributed by atoms with van der Waals surface area (Å²) in [7, 11) is 0. The van der Waals surface area contributed by atoms with Gasteiger partial charge in [0, 0.05) is 5.25 Å². The van der Waals surface area contributed by atoms with Crippen molar-refractivity contribution >= 4 is 17.7 Å². The van der Waals surface area contributed by atoms with Gasteiger partial charge < -0.3 is 5.11 Å². The van der Waals surface area contributed by atoms with Gasteiger partial charge in [-0.15, -0.1) is 0 Å². The maximum Gasteiger partial charge on any atom is 0.304 e. The fourth-order valence-corrected chi connectivity index (χ4v) is 4.46. The van der Waals surface area contributed by atoms with Crippen LogP contribution in [-0.2, 0) is 4.79 Å². The lowest BCUT2D eigenvalue weighted by Crippen LogP contribution is -2.24. The molecule has 1 saturated heterocycles. The fraction of sp³-hybridized carbons (Fsp3) is 0.900. The molecule has 3 atom stereocenters. The summed E-state index contributed by atoms with van der Waals surface area (Å²) in [6.45, 7) is 0. The summed E-state index contributed by atoms with van der Waals surface area (Å²) in [6.07, 6.45) is 5.68. The van der Waals surface area contributed by atoms with E-state index < -0.39 is 5.97 Å². The summed E-state index contributed by atoms with van der Waals surface area (Å²) < 4.78 is 0. The van der Waals surface area contributed by atoms with Gasteiger partial charge in [0.15, 0.2) is 0 Å². The first kappa shape index (κ1) is 9.38. The van der Waals surface area contributed by atoms with Crippen LogP contribution in [0.25, 0.3) is 0 Å². The molecular weight excluding hydrogens is 184 g/mol. The lowest BCUT2D eigenvalue weighted by Gasteiger charge is -2.27. The van der Waals surface area contributed by atoms with E-state index in [2.05, 4.69) is 0 Å². The Balaban J connectivity index is 1.94. The Morgan fingerprint density at radius 3 is 2.92 bits per heavy atom. The molecule has 0 unspecified atom stereocenters. The van der Waals surface area contributed by atoms with Crippen LogP contribution in [0, 0.1) is 11.8 Å². The van der Waals surface area contributed by atoms with E-state index in [1.54, 1.807) is 0 Å². The molecule has 1 N–H and O–H groups in total. The molecule has 13 heavy (non-hydrogen) atoms. The highest BCUT2D eigenvalue weighted by molar-refractivity contribution is 8.00. The standard InChI is InChI=1S/C10H16O2S/c11-10(12)5-9-8-4-2-1-3-7(8)6-13-9/h7-9H,1-6H2,(H,11,12)/t7-,8+,9-/m1/s1.